The van der Waals surface area contributed by atoms with Crippen LogP contribution in [0, 0.1) is 11.3 Å². The van der Waals surface area contributed by atoms with Crippen molar-refractivity contribution in [2.45, 2.75) is 32.5 Å². The number of nitriles is 1. The first-order valence-corrected chi connectivity index (χ1v) is 9.39. The van der Waals surface area contributed by atoms with E-state index in [2.05, 4.69) is 23.1 Å². The molecule has 0 spiro atoms. The first-order valence-electron chi connectivity index (χ1n) is 9.39. The summed E-state index contributed by atoms with van der Waals surface area (Å²) in [5.74, 6) is 0. The molecular weight excluding hydrogens is 338 g/mol. The molecule has 1 saturated heterocycles. The van der Waals surface area contributed by atoms with Gasteiger partial charge in [-0.2, -0.15) is 5.26 Å². The predicted molar refractivity (Wildman–Crippen MR) is 104 cm³/mol. The first-order chi connectivity index (χ1) is 13.2. The molecule has 1 heterocycles. The van der Waals surface area contributed by atoms with E-state index < -0.39 is 0 Å². The Morgan fingerprint density at radius 1 is 1.11 bits per heavy atom. The SMILES string of the molecule is CCN1CC[C@@H](CN(Cc2ccccc2)Cc2ccc(C#N)cc2)OC1=O. The summed E-state index contributed by atoms with van der Waals surface area (Å²) >= 11 is 0. The maximum atomic E-state index is 12.1. The van der Waals surface area contributed by atoms with Crippen molar-refractivity contribution in [2.24, 2.45) is 0 Å². The van der Waals surface area contributed by atoms with E-state index in [9.17, 15) is 4.79 Å². The van der Waals surface area contributed by atoms with Crippen molar-refractivity contribution in [3.8, 4) is 6.07 Å². The third kappa shape index (κ3) is 5.32. The van der Waals surface area contributed by atoms with Crippen LogP contribution < -0.4 is 0 Å². The Morgan fingerprint density at radius 2 is 1.78 bits per heavy atom. The minimum Gasteiger partial charge on any atom is -0.445 e. The number of hydrogen-bond acceptors (Lipinski definition) is 4. The van der Waals surface area contributed by atoms with E-state index >= 15 is 0 Å². The quantitative estimate of drug-likeness (QED) is 0.751. The molecule has 5 nitrogen and oxygen atoms in total. The molecule has 0 saturated carbocycles. The second-order valence-corrected chi connectivity index (χ2v) is 6.84. The van der Waals surface area contributed by atoms with E-state index in [0.717, 1.165) is 31.6 Å². The number of hydrogen-bond donors (Lipinski definition) is 0. The summed E-state index contributed by atoms with van der Waals surface area (Å²) in [5.41, 5.74) is 3.03. The molecule has 1 amide bonds. The fourth-order valence-corrected chi connectivity index (χ4v) is 3.34. The van der Waals surface area contributed by atoms with Crippen LogP contribution in [0.4, 0.5) is 4.79 Å². The first kappa shape index (κ1) is 18.9. The summed E-state index contributed by atoms with van der Waals surface area (Å²) in [5, 5.41) is 8.98. The lowest BCUT2D eigenvalue weighted by molar-refractivity contribution is 0.00722. The average Bonchev–Trinajstić information content (AvgIpc) is 2.69. The van der Waals surface area contributed by atoms with E-state index in [4.69, 9.17) is 10.00 Å². The third-order valence-electron chi connectivity index (χ3n) is 4.83. The number of rotatable bonds is 7. The van der Waals surface area contributed by atoms with E-state index in [1.54, 1.807) is 4.90 Å². The number of nitrogens with zero attached hydrogens (tertiary/aromatic N) is 3. The number of benzene rings is 2. The number of amides is 1. The number of ether oxygens (including phenoxy) is 1. The average molecular weight is 363 g/mol. The molecule has 2 aromatic rings. The van der Waals surface area contributed by atoms with Crippen molar-refractivity contribution >= 4 is 6.09 Å². The molecule has 2 aromatic carbocycles. The van der Waals surface area contributed by atoms with Crippen molar-refractivity contribution in [2.75, 3.05) is 19.6 Å². The van der Waals surface area contributed by atoms with Gasteiger partial charge in [0.15, 0.2) is 0 Å². The number of carbonyl (C=O) groups excluding carboxylic acids is 1. The molecule has 0 radical (unpaired) electrons. The van der Waals surface area contributed by atoms with E-state index in [1.165, 1.54) is 5.56 Å². The van der Waals surface area contributed by atoms with Crippen LogP contribution in [0.1, 0.15) is 30.0 Å². The highest BCUT2D eigenvalue weighted by molar-refractivity contribution is 5.68. The highest BCUT2D eigenvalue weighted by Crippen LogP contribution is 2.17. The fraction of sp³-hybridized carbons (Fsp3) is 0.364. The van der Waals surface area contributed by atoms with Crippen LogP contribution in [0.2, 0.25) is 0 Å². The Labute approximate surface area is 160 Å². The normalized spacial score (nSPS) is 16.9. The molecular formula is C22H25N3O2. The number of cyclic esters (lactones) is 1. The van der Waals surface area contributed by atoms with Crippen LogP contribution in [0.15, 0.2) is 54.6 Å². The largest absolute Gasteiger partial charge is 0.445 e. The summed E-state index contributed by atoms with van der Waals surface area (Å²) < 4.78 is 5.63. The molecule has 140 valence electrons. The van der Waals surface area contributed by atoms with Crippen LogP contribution >= 0.6 is 0 Å². The molecule has 1 aliphatic heterocycles. The Balaban J connectivity index is 1.69. The van der Waals surface area contributed by atoms with Crippen LogP contribution in [0.3, 0.4) is 0 Å². The molecule has 0 unspecified atom stereocenters. The highest BCUT2D eigenvalue weighted by atomic mass is 16.6. The molecule has 1 aliphatic rings. The summed E-state index contributed by atoms with van der Waals surface area (Å²) in [4.78, 5) is 16.1. The fourth-order valence-electron chi connectivity index (χ4n) is 3.34. The summed E-state index contributed by atoms with van der Waals surface area (Å²) in [6, 6.07) is 20.1. The summed E-state index contributed by atoms with van der Waals surface area (Å²) in [6.07, 6.45) is 0.535. The lowest BCUT2D eigenvalue weighted by atomic mass is 10.1. The molecule has 0 bridgehead atoms. The third-order valence-corrected chi connectivity index (χ3v) is 4.83. The van der Waals surface area contributed by atoms with E-state index in [0.29, 0.717) is 18.7 Å². The van der Waals surface area contributed by atoms with Gasteiger partial charge in [0.05, 0.1) is 11.6 Å². The summed E-state index contributed by atoms with van der Waals surface area (Å²) in [6.45, 7) is 5.62. The summed E-state index contributed by atoms with van der Waals surface area (Å²) in [7, 11) is 0. The minimum atomic E-state index is -0.216. The second kappa shape index (κ2) is 9.20. The highest BCUT2D eigenvalue weighted by Gasteiger charge is 2.27. The van der Waals surface area contributed by atoms with Crippen LogP contribution in [-0.2, 0) is 17.8 Å². The smallest absolute Gasteiger partial charge is 0.410 e. The molecule has 3 rings (SSSR count). The zero-order valence-corrected chi connectivity index (χ0v) is 15.7. The minimum absolute atomic E-state index is 0.0950. The van der Waals surface area contributed by atoms with Gasteiger partial charge in [-0.1, -0.05) is 42.5 Å². The predicted octanol–water partition coefficient (Wildman–Crippen LogP) is 3.79. The zero-order valence-electron chi connectivity index (χ0n) is 15.7. The molecule has 0 aliphatic carbocycles. The van der Waals surface area contributed by atoms with Gasteiger partial charge >= 0.3 is 6.09 Å². The van der Waals surface area contributed by atoms with Gasteiger partial charge in [0.2, 0.25) is 0 Å². The van der Waals surface area contributed by atoms with Crippen molar-refractivity contribution in [1.29, 1.82) is 5.26 Å². The maximum Gasteiger partial charge on any atom is 0.410 e. The van der Waals surface area contributed by atoms with Gasteiger partial charge in [-0.25, -0.2) is 4.79 Å². The van der Waals surface area contributed by atoms with Gasteiger partial charge in [-0.05, 0) is 30.2 Å². The van der Waals surface area contributed by atoms with Gasteiger partial charge in [0, 0.05) is 39.1 Å². The van der Waals surface area contributed by atoms with Crippen molar-refractivity contribution < 1.29 is 9.53 Å². The van der Waals surface area contributed by atoms with Gasteiger partial charge in [0.1, 0.15) is 6.10 Å². The van der Waals surface area contributed by atoms with Crippen LogP contribution in [-0.4, -0.2) is 41.6 Å². The van der Waals surface area contributed by atoms with Crippen molar-refractivity contribution in [3.63, 3.8) is 0 Å². The molecule has 1 atom stereocenters. The van der Waals surface area contributed by atoms with Crippen molar-refractivity contribution in [3.05, 3.63) is 71.3 Å². The monoisotopic (exact) mass is 363 g/mol. The standard InChI is InChI=1S/C22H25N3O2/c1-2-25-13-12-21(27-22(25)26)17-24(15-19-6-4-3-5-7-19)16-20-10-8-18(14-23)9-11-20/h3-11,21H,2,12-13,15-17H2,1H3/t21-/m0/s1. The Kier molecular flexibility index (Phi) is 6.45. The van der Waals surface area contributed by atoms with Gasteiger partial charge in [0.25, 0.3) is 0 Å². The lowest BCUT2D eigenvalue weighted by Gasteiger charge is -2.34. The molecule has 1 fully saturated rings. The van der Waals surface area contributed by atoms with Crippen LogP contribution in [0.5, 0.6) is 0 Å². The van der Waals surface area contributed by atoms with E-state index in [-0.39, 0.29) is 12.2 Å². The van der Waals surface area contributed by atoms with E-state index in [1.807, 2.05) is 49.4 Å². The second-order valence-electron chi connectivity index (χ2n) is 6.84. The molecule has 0 N–H and O–H groups in total. The number of carbonyl (C=O) groups is 1. The van der Waals surface area contributed by atoms with Gasteiger partial charge < -0.3 is 9.64 Å². The molecule has 5 heteroatoms. The Morgan fingerprint density at radius 3 is 2.37 bits per heavy atom. The zero-order chi connectivity index (χ0) is 19.1. The van der Waals surface area contributed by atoms with Gasteiger partial charge in [-0.3, -0.25) is 4.90 Å². The Bertz CT molecular complexity index is 783. The Hall–Kier alpha value is -2.84. The van der Waals surface area contributed by atoms with Crippen LogP contribution in [0.25, 0.3) is 0 Å². The topological polar surface area (TPSA) is 56.6 Å². The molecule has 0 aromatic heterocycles. The van der Waals surface area contributed by atoms with Gasteiger partial charge in [-0.15, -0.1) is 0 Å². The lowest BCUT2D eigenvalue weighted by Crippen LogP contribution is -2.45. The van der Waals surface area contributed by atoms with Crippen molar-refractivity contribution in [1.82, 2.24) is 9.80 Å². The maximum absolute atomic E-state index is 12.1. The molecule has 27 heavy (non-hydrogen) atoms.